The molecule has 1 amide bonds. The molecular weight excluding hydrogens is 549 g/mol. The molecule has 8 heteroatoms. The van der Waals surface area contributed by atoms with Crippen molar-refractivity contribution in [2.45, 2.75) is 90.3 Å². The van der Waals surface area contributed by atoms with Gasteiger partial charge in [0.1, 0.15) is 23.9 Å². The van der Waals surface area contributed by atoms with Crippen molar-refractivity contribution in [2.24, 2.45) is 5.92 Å². The number of carbonyl (C=O) groups excluding carboxylic acids is 1. The molecule has 4 rings (SSSR count). The van der Waals surface area contributed by atoms with E-state index >= 15 is 4.39 Å². The Hall–Kier alpha value is -3.30. The van der Waals surface area contributed by atoms with Crippen LogP contribution in [-0.2, 0) is 43.5 Å². The van der Waals surface area contributed by atoms with Gasteiger partial charge in [-0.2, -0.15) is 0 Å². The van der Waals surface area contributed by atoms with Crippen LogP contribution in [0.15, 0.2) is 91.0 Å². The molecule has 0 aromatic heterocycles. The topological polar surface area (TPSA) is 75.3 Å². The van der Waals surface area contributed by atoms with Crippen molar-refractivity contribution in [3.05, 3.63) is 108 Å². The second kappa shape index (κ2) is 16.0. The third-order valence-corrected chi connectivity index (χ3v) is 7.06. The summed E-state index contributed by atoms with van der Waals surface area (Å²) in [5.74, 6) is -0.0656. The van der Waals surface area contributed by atoms with E-state index in [9.17, 15) is 4.79 Å². The molecule has 1 fully saturated rings. The lowest BCUT2D eigenvalue weighted by Gasteiger charge is -2.44. The largest absolute Gasteiger partial charge is 0.444 e. The first-order valence-corrected chi connectivity index (χ1v) is 14.9. The molecule has 1 N–H and O–H groups in total. The minimum atomic E-state index is -1.74. The van der Waals surface area contributed by atoms with Crippen LogP contribution < -0.4 is 5.32 Å². The molecule has 3 aromatic rings. The maximum absolute atomic E-state index is 15.9. The first-order chi connectivity index (χ1) is 20.7. The van der Waals surface area contributed by atoms with Crippen molar-refractivity contribution in [2.75, 3.05) is 6.54 Å². The van der Waals surface area contributed by atoms with E-state index in [0.717, 1.165) is 16.7 Å². The molecule has 1 saturated heterocycles. The number of alkyl halides is 1. The number of carbonyl (C=O) groups is 1. The van der Waals surface area contributed by atoms with Crippen molar-refractivity contribution in [1.29, 1.82) is 0 Å². The Morgan fingerprint density at radius 2 is 1.21 bits per heavy atom. The average molecular weight is 594 g/mol. The van der Waals surface area contributed by atoms with E-state index in [4.69, 9.17) is 23.7 Å². The Kier molecular flexibility index (Phi) is 12.1. The van der Waals surface area contributed by atoms with Crippen LogP contribution in [0.1, 0.15) is 50.8 Å². The monoisotopic (exact) mass is 593 g/mol. The number of benzene rings is 3. The van der Waals surface area contributed by atoms with Gasteiger partial charge in [-0.15, -0.1) is 0 Å². The fourth-order valence-corrected chi connectivity index (χ4v) is 4.97. The van der Waals surface area contributed by atoms with Crippen LogP contribution in [0.3, 0.4) is 0 Å². The Labute approximate surface area is 254 Å². The van der Waals surface area contributed by atoms with Crippen LogP contribution >= 0.6 is 0 Å². The highest BCUT2D eigenvalue weighted by atomic mass is 19.1. The fourth-order valence-electron chi connectivity index (χ4n) is 4.97. The normalized spacial score (nSPS) is 23.0. The molecule has 6 unspecified atom stereocenters. The third kappa shape index (κ3) is 10.7. The Balaban J connectivity index is 1.53. The summed E-state index contributed by atoms with van der Waals surface area (Å²) in [6.45, 7) is 8.50. The van der Waals surface area contributed by atoms with Crippen molar-refractivity contribution in [3.63, 3.8) is 0 Å². The van der Waals surface area contributed by atoms with Gasteiger partial charge in [-0.25, -0.2) is 9.18 Å². The Morgan fingerprint density at radius 1 is 0.767 bits per heavy atom. The van der Waals surface area contributed by atoms with Crippen LogP contribution in [-0.4, -0.2) is 49.0 Å². The van der Waals surface area contributed by atoms with Crippen LogP contribution in [0.25, 0.3) is 0 Å². The van der Waals surface area contributed by atoms with Crippen molar-refractivity contribution in [3.8, 4) is 0 Å². The maximum Gasteiger partial charge on any atom is 0.407 e. The third-order valence-electron chi connectivity index (χ3n) is 7.06. The quantitative estimate of drug-likeness (QED) is 0.230. The number of rotatable bonds is 13. The summed E-state index contributed by atoms with van der Waals surface area (Å²) in [5.41, 5.74) is 2.25. The molecule has 0 saturated carbocycles. The zero-order valence-corrected chi connectivity index (χ0v) is 25.5. The van der Waals surface area contributed by atoms with Crippen LogP contribution in [0.5, 0.6) is 0 Å². The molecule has 0 radical (unpaired) electrons. The fraction of sp³-hybridized carbons (Fsp3) is 0.457. The molecule has 1 aliphatic heterocycles. The second-order valence-corrected chi connectivity index (χ2v) is 12.0. The van der Waals surface area contributed by atoms with Gasteiger partial charge in [-0.3, -0.25) is 0 Å². The molecule has 3 aromatic carbocycles. The van der Waals surface area contributed by atoms with Crippen LogP contribution in [0.4, 0.5) is 9.18 Å². The van der Waals surface area contributed by atoms with Gasteiger partial charge >= 0.3 is 6.09 Å². The lowest BCUT2D eigenvalue weighted by atomic mass is 9.91. The van der Waals surface area contributed by atoms with Gasteiger partial charge < -0.3 is 29.0 Å². The minimum Gasteiger partial charge on any atom is -0.444 e. The number of alkyl carbamates (subject to hydrolysis) is 1. The zero-order chi connectivity index (χ0) is 30.7. The number of ether oxygens (including phenoxy) is 5. The van der Waals surface area contributed by atoms with Gasteiger partial charge in [0.15, 0.2) is 0 Å². The summed E-state index contributed by atoms with van der Waals surface area (Å²) in [7, 11) is 0. The molecule has 6 atom stereocenters. The molecule has 0 spiro atoms. The van der Waals surface area contributed by atoms with Gasteiger partial charge in [0.2, 0.25) is 6.36 Å². The van der Waals surface area contributed by atoms with E-state index in [0.29, 0.717) is 19.6 Å². The van der Waals surface area contributed by atoms with Gasteiger partial charge in [0, 0.05) is 6.54 Å². The number of amides is 1. The first-order valence-electron chi connectivity index (χ1n) is 14.9. The highest BCUT2D eigenvalue weighted by Gasteiger charge is 2.49. The lowest BCUT2D eigenvalue weighted by molar-refractivity contribution is -0.294. The lowest BCUT2D eigenvalue weighted by Crippen LogP contribution is -2.59. The molecule has 7 nitrogen and oxygen atoms in total. The second-order valence-electron chi connectivity index (χ2n) is 12.0. The molecule has 0 aliphatic carbocycles. The standard InChI is InChI=1S/C35H44FNO6/c1-25(21-37-34(38)43-35(2,3)4)20-29-30(39-22-26-14-8-5-9-15-26)31(40-23-27-16-10-6-11-17-27)32(33(36)42-29)41-24-28-18-12-7-13-19-28/h5-19,25,29-33H,20-24H2,1-4H3,(H,37,38). The summed E-state index contributed by atoms with van der Waals surface area (Å²) in [6.07, 6.45) is -4.87. The van der Waals surface area contributed by atoms with E-state index in [1.165, 1.54) is 0 Å². The van der Waals surface area contributed by atoms with Gasteiger partial charge in [0.25, 0.3) is 0 Å². The Bertz CT molecular complexity index is 1220. The van der Waals surface area contributed by atoms with Crippen molar-refractivity contribution >= 4 is 6.09 Å². The maximum atomic E-state index is 15.9. The first kappa shape index (κ1) is 32.6. The molecule has 43 heavy (non-hydrogen) atoms. The summed E-state index contributed by atoms with van der Waals surface area (Å²) < 4.78 is 46.4. The smallest absolute Gasteiger partial charge is 0.407 e. The summed E-state index contributed by atoms with van der Waals surface area (Å²) in [4.78, 5) is 12.2. The molecule has 1 heterocycles. The van der Waals surface area contributed by atoms with E-state index < -0.39 is 42.5 Å². The summed E-state index contributed by atoms with van der Waals surface area (Å²) >= 11 is 0. The summed E-state index contributed by atoms with van der Waals surface area (Å²) in [6, 6.07) is 29.2. The van der Waals surface area contributed by atoms with E-state index in [2.05, 4.69) is 5.32 Å². The van der Waals surface area contributed by atoms with Crippen LogP contribution in [0, 0.1) is 5.92 Å². The van der Waals surface area contributed by atoms with Gasteiger partial charge in [-0.05, 0) is 49.8 Å². The number of halogens is 1. The van der Waals surface area contributed by atoms with E-state index in [1.54, 1.807) is 0 Å². The predicted octanol–water partition coefficient (Wildman–Crippen LogP) is 6.99. The van der Waals surface area contributed by atoms with E-state index in [-0.39, 0.29) is 19.1 Å². The number of nitrogens with one attached hydrogen (secondary N) is 1. The van der Waals surface area contributed by atoms with Crippen molar-refractivity contribution < 1.29 is 32.9 Å². The minimum absolute atomic E-state index is 0.0656. The molecular formula is C35H44FNO6. The van der Waals surface area contributed by atoms with Gasteiger partial charge in [-0.1, -0.05) is 97.9 Å². The molecule has 232 valence electrons. The summed E-state index contributed by atoms with van der Waals surface area (Å²) in [5, 5.41) is 2.81. The molecule has 1 aliphatic rings. The van der Waals surface area contributed by atoms with Gasteiger partial charge in [0.05, 0.1) is 25.9 Å². The number of hydrogen-bond donors (Lipinski definition) is 1. The zero-order valence-electron chi connectivity index (χ0n) is 25.5. The predicted molar refractivity (Wildman–Crippen MR) is 163 cm³/mol. The highest BCUT2D eigenvalue weighted by Crippen LogP contribution is 2.33. The van der Waals surface area contributed by atoms with E-state index in [1.807, 2.05) is 119 Å². The van der Waals surface area contributed by atoms with Crippen LogP contribution in [0.2, 0.25) is 0 Å². The highest BCUT2D eigenvalue weighted by molar-refractivity contribution is 5.67. The van der Waals surface area contributed by atoms with Crippen molar-refractivity contribution in [1.82, 2.24) is 5.32 Å². The number of hydrogen-bond acceptors (Lipinski definition) is 6. The Morgan fingerprint density at radius 3 is 1.67 bits per heavy atom. The SMILES string of the molecule is CC(CNC(=O)OC(C)(C)C)CC1OC(F)C(OCc2ccccc2)C(OCc2ccccc2)C1OCc1ccccc1. The molecule has 0 bridgehead atoms. The average Bonchev–Trinajstić information content (AvgIpc) is 2.99.